The first-order chi connectivity index (χ1) is 20.4. The van der Waals surface area contributed by atoms with Crippen molar-refractivity contribution in [1.82, 2.24) is 14.8 Å². The fraction of sp³-hybridized carbons (Fsp3) is 0.267. The molecule has 1 fully saturated rings. The van der Waals surface area contributed by atoms with E-state index in [4.69, 9.17) is 13.6 Å². The number of methoxy groups -OCH3 is 2. The van der Waals surface area contributed by atoms with E-state index in [2.05, 4.69) is 10.2 Å². The van der Waals surface area contributed by atoms with Crippen molar-refractivity contribution in [2.24, 2.45) is 0 Å². The number of H-pyrrole nitrogens is 1. The molecule has 0 radical (unpaired) electrons. The van der Waals surface area contributed by atoms with Crippen LogP contribution in [0.1, 0.15) is 45.8 Å². The summed E-state index contributed by atoms with van der Waals surface area (Å²) in [5, 5.41) is 29.2. The van der Waals surface area contributed by atoms with Gasteiger partial charge in [-0.15, -0.1) is 0 Å². The average Bonchev–Trinajstić information content (AvgIpc) is 3.58. The van der Waals surface area contributed by atoms with Crippen molar-refractivity contribution in [3.8, 4) is 22.6 Å². The van der Waals surface area contributed by atoms with Gasteiger partial charge in [-0.2, -0.15) is 5.10 Å². The third kappa shape index (κ3) is 3.86. The molecule has 40 heavy (non-hydrogen) atoms. The molecule has 0 saturated heterocycles. The number of halogens is 2. The predicted molar refractivity (Wildman–Crippen MR) is 145 cm³/mol. The SMILES string of the molecule is [2H]C([2H])([2H])Oc1cc(-n2c(C3(O)CCCC[C@@H]3OC)c(-c3ccc(C(=O)O)cc3)c3c(F)c4[nH]ncc4cc32)ccc1F. The number of hydrogen-bond acceptors (Lipinski definition) is 5. The van der Waals surface area contributed by atoms with E-state index in [1.54, 1.807) is 10.6 Å². The first-order valence-electron chi connectivity index (χ1n) is 14.2. The number of aromatic nitrogens is 3. The van der Waals surface area contributed by atoms with Gasteiger partial charge >= 0.3 is 5.97 Å². The molecule has 1 saturated carbocycles. The highest BCUT2D eigenvalue weighted by Crippen LogP contribution is 2.49. The maximum absolute atomic E-state index is 16.5. The third-order valence-corrected chi connectivity index (χ3v) is 7.81. The van der Waals surface area contributed by atoms with Gasteiger partial charge < -0.3 is 24.3 Å². The average molecular weight is 551 g/mol. The molecule has 2 aromatic heterocycles. The maximum Gasteiger partial charge on any atom is 0.335 e. The Bertz CT molecular complexity index is 1870. The van der Waals surface area contributed by atoms with Crippen molar-refractivity contribution in [3.05, 3.63) is 77.6 Å². The molecule has 0 aliphatic heterocycles. The summed E-state index contributed by atoms with van der Waals surface area (Å²) in [5.74, 6) is -3.28. The standard InChI is InChI=1S/C30H27F2N3O5/c1-39-22-14-19(10-11-20(22)31)35-21-13-18-15-33-34-27(18)26(32)25(21)24(16-6-8-17(9-7-16)29(36)37)28(35)30(38)12-4-3-5-23(30)40-2/h6-11,13-15,23,38H,3-5,12H2,1-2H3,(H,33,34)(H,36,37)/t23-,30?/m0/s1/i1D3. The molecule has 1 aliphatic carbocycles. The molecule has 206 valence electrons. The molecule has 0 spiro atoms. The normalized spacial score (nSPS) is 20.8. The van der Waals surface area contributed by atoms with Crippen molar-refractivity contribution >= 4 is 27.8 Å². The van der Waals surface area contributed by atoms with Gasteiger partial charge in [0.1, 0.15) is 11.1 Å². The molecule has 1 aliphatic rings. The van der Waals surface area contributed by atoms with Crippen LogP contribution in [0.15, 0.2) is 54.7 Å². The second kappa shape index (κ2) is 9.72. The van der Waals surface area contributed by atoms with Gasteiger partial charge in [-0.25, -0.2) is 13.6 Å². The minimum Gasteiger partial charge on any atom is -0.494 e. The predicted octanol–water partition coefficient (Wildman–Crippen LogP) is 5.94. The second-order valence-electron chi connectivity index (χ2n) is 9.97. The van der Waals surface area contributed by atoms with Gasteiger partial charge in [0.05, 0.1) is 40.2 Å². The number of fused-ring (bicyclic) bond motifs is 2. The topological polar surface area (TPSA) is 110 Å². The number of aromatic amines is 1. The molecule has 10 heteroatoms. The summed E-state index contributed by atoms with van der Waals surface area (Å²) in [7, 11) is -1.47. The summed E-state index contributed by atoms with van der Waals surface area (Å²) in [6, 6.07) is 11.1. The molecule has 5 aromatic rings. The van der Waals surface area contributed by atoms with E-state index >= 15 is 4.39 Å². The maximum atomic E-state index is 16.5. The van der Waals surface area contributed by atoms with Crippen LogP contribution < -0.4 is 4.74 Å². The first-order valence-corrected chi connectivity index (χ1v) is 12.7. The quantitative estimate of drug-likeness (QED) is 0.242. The molecule has 2 atom stereocenters. The summed E-state index contributed by atoms with van der Waals surface area (Å²) in [5.41, 5.74) is -0.172. The summed E-state index contributed by atoms with van der Waals surface area (Å²) >= 11 is 0. The minimum atomic E-state index is -2.95. The lowest BCUT2D eigenvalue weighted by atomic mass is 9.77. The number of nitrogens with one attached hydrogen (secondary N) is 1. The highest BCUT2D eigenvalue weighted by molar-refractivity contribution is 6.06. The Hall–Kier alpha value is -4.28. The number of benzene rings is 3. The van der Waals surface area contributed by atoms with Crippen LogP contribution in [0.25, 0.3) is 38.6 Å². The molecule has 8 nitrogen and oxygen atoms in total. The molecule has 2 heterocycles. The molecule has 3 N–H and O–H groups in total. The van der Waals surface area contributed by atoms with E-state index in [0.717, 1.165) is 12.5 Å². The van der Waals surface area contributed by atoms with Crippen molar-refractivity contribution in [1.29, 1.82) is 0 Å². The van der Waals surface area contributed by atoms with Crippen LogP contribution in [0.2, 0.25) is 0 Å². The lowest BCUT2D eigenvalue weighted by Gasteiger charge is -2.40. The van der Waals surface area contributed by atoms with Crippen LogP contribution in [-0.2, 0) is 10.3 Å². The number of hydrogen-bond donors (Lipinski definition) is 3. The van der Waals surface area contributed by atoms with Gasteiger partial charge in [-0.3, -0.25) is 5.10 Å². The van der Waals surface area contributed by atoms with E-state index in [9.17, 15) is 19.4 Å². The molecule has 0 amide bonds. The van der Waals surface area contributed by atoms with Crippen LogP contribution in [0.3, 0.4) is 0 Å². The zero-order valence-electron chi connectivity index (χ0n) is 24.4. The zero-order valence-corrected chi connectivity index (χ0v) is 21.4. The van der Waals surface area contributed by atoms with E-state index < -0.39 is 42.1 Å². The van der Waals surface area contributed by atoms with Gasteiger partial charge in [0, 0.05) is 35.2 Å². The van der Waals surface area contributed by atoms with Crippen molar-refractivity contribution < 1.29 is 37.4 Å². The molecule has 1 unspecified atom stereocenters. The van der Waals surface area contributed by atoms with Gasteiger partial charge in [0.15, 0.2) is 17.4 Å². The van der Waals surface area contributed by atoms with E-state index in [0.29, 0.717) is 23.8 Å². The number of carboxylic acids is 1. The Balaban J connectivity index is 1.78. The van der Waals surface area contributed by atoms with Crippen molar-refractivity contribution in [2.75, 3.05) is 14.1 Å². The van der Waals surface area contributed by atoms with Crippen molar-refractivity contribution in [3.63, 3.8) is 0 Å². The highest BCUT2D eigenvalue weighted by atomic mass is 19.1. The highest BCUT2D eigenvalue weighted by Gasteiger charge is 2.46. The second-order valence-corrected chi connectivity index (χ2v) is 9.97. The molecule has 6 rings (SSSR count). The largest absolute Gasteiger partial charge is 0.494 e. The summed E-state index contributed by atoms with van der Waals surface area (Å²) < 4.78 is 66.2. The summed E-state index contributed by atoms with van der Waals surface area (Å²) in [6.45, 7) is 0. The Morgan fingerprint density at radius 1 is 1.20 bits per heavy atom. The summed E-state index contributed by atoms with van der Waals surface area (Å²) in [6.07, 6.45) is 2.87. The minimum absolute atomic E-state index is 0.0154. The van der Waals surface area contributed by atoms with E-state index in [-0.39, 0.29) is 45.3 Å². The van der Waals surface area contributed by atoms with Crippen LogP contribution in [0.4, 0.5) is 8.78 Å². The monoisotopic (exact) mass is 550 g/mol. The number of carboxylic acid groups (broad SMARTS) is 1. The smallest absolute Gasteiger partial charge is 0.335 e. The zero-order chi connectivity index (χ0) is 30.7. The van der Waals surface area contributed by atoms with E-state index in [1.165, 1.54) is 49.7 Å². The number of rotatable bonds is 6. The van der Waals surface area contributed by atoms with Crippen LogP contribution >= 0.6 is 0 Å². The summed E-state index contributed by atoms with van der Waals surface area (Å²) in [4.78, 5) is 11.6. The van der Waals surface area contributed by atoms with Crippen LogP contribution in [0.5, 0.6) is 5.75 Å². The van der Waals surface area contributed by atoms with Crippen LogP contribution in [0, 0.1) is 11.6 Å². The lowest BCUT2D eigenvalue weighted by molar-refractivity contribution is -0.125. The molecular formula is C30H27F2N3O5. The Morgan fingerprint density at radius 3 is 2.73 bits per heavy atom. The van der Waals surface area contributed by atoms with Gasteiger partial charge in [0.2, 0.25) is 0 Å². The van der Waals surface area contributed by atoms with E-state index in [1.807, 2.05) is 0 Å². The number of ether oxygens (including phenoxy) is 2. The number of aromatic carboxylic acids is 1. The number of nitrogens with zero attached hydrogens (tertiary/aromatic N) is 2. The number of aliphatic hydroxyl groups is 1. The lowest BCUT2D eigenvalue weighted by Crippen LogP contribution is -2.45. The Morgan fingerprint density at radius 2 is 2.00 bits per heavy atom. The van der Waals surface area contributed by atoms with Crippen LogP contribution in [-0.4, -0.2) is 51.2 Å². The van der Waals surface area contributed by atoms with Gasteiger partial charge in [0.25, 0.3) is 0 Å². The van der Waals surface area contributed by atoms with Gasteiger partial charge in [-0.1, -0.05) is 18.6 Å². The Kier molecular flexibility index (Phi) is 5.48. The number of carbonyl (C=O) groups is 1. The third-order valence-electron chi connectivity index (χ3n) is 7.81. The first kappa shape index (κ1) is 22.5. The fourth-order valence-electron chi connectivity index (χ4n) is 5.96. The molecule has 3 aromatic carbocycles. The van der Waals surface area contributed by atoms with Crippen molar-refractivity contribution in [2.45, 2.75) is 37.4 Å². The fourth-order valence-corrected chi connectivity index (χ4v) is 5.96. The van der Waals surface area contributed by atoms with Gasteiger partial charge in [-0.05, 0) is 55.2 Å². The Labute approximate surface area is 232 Å². The molecular weight excluding hydrogens is 520 g/mol. The molecule has 0 bridgehead atoms.